The number of phenols is 1. The summed E-state index contributed by atoms with van der Waals surface area (Å²) >= 11 is 0. The number of phenolic OH excluding ortho intramolecular Hbond substituents is 1. The van der Waals surface area contributed by atoms with E-state index in [1.54, 1.807) is 36.7 Å². The maximum absolute atomic E-state index is 9.37. The molecule has 0 radical (unpaired) electrons. The molecule has 4 nitrogen and oxygen atoms in total. The van der Waals surface area contributed by atoms with E-state index >= 15 is 0 Å². The summed E-state index contributed by atoms with van der Waals surface area (Å²) in [5.41, 5.74) is 3.97. The van der Waals surface area contributed by atoms with Crippen LogP contribution in [0, 0.1) is 0 Å². The van der Waals surface area contributed by atoms with Gasteiger partial charge in [-0.05, 0) is 47.5 Å². The van der Waals surface area contributed by atoms with Gasteiger partial charge in [-0.3, -0.25) is 0 Å². The van der Waals surface area contributed by atoms with Gasteiger partial charge in [-0.2, -0.15) is 0 Å². The lowest BCUT2D eigenvalue weighted by Crippen LogP contribution is -1.95. The second-order valence-electron chi connectivity index (χ2n) is 6.14. The predicted molar refractivity (Wildman–Crippen MR) is 105 cm³/mol. The molecule has 1 N–H and O–H groups in total. The van der Waals surface area contributed by atoms with E-state index in [0.29, 0.717) is 12.4 Å². The van der Waals surface area contributed by atoms with Crippen molar-refractivity contribution in [2.45, 2.75) is 6.61 Å². The Hall–Kier alpha value is -3.66. The predicted octanol–water partition coefficient (Wildman–Crippen LogP) is 5.10. The van der Waals surface area contributed by atoms with Gasteiger partial charge < -0.3 is 9.84 Å². The third-order valence-electron chi connectivity index (χ3n) is 4.21. The number of rotatable bonds is 5. The highest BCUT2D eigenvalue weighted by molar-refractivity contribution is 5.64. The molecular formula is C23H18N2O2. The summed E-state index contributed by atoms with van der Waals surface area (Å²) in [6.07, 6.45) is 3.60. The first-order chi connectivity index (χ1) is 13.3. The highest BCUT2D eigenvalue weighted by atomic mass is 16.5. The first-order valence-corrected chi connectivity index (χ1v) is 8.66. The van der Waals surface area contributed by atoms with Gasteiger partial charge in [0.2, 0.25) is 0 Å². The van der Waals surface area contributed by atoms with Gasteiger partial charge in [-0.15, -0.1) is 0 Å². The molecule has 0 bridgehead atoms. The van der Waals surface area contributed by atoms with Crippen LogP contribution >= 0.6 is 0 Å². The standard InChI is InChI=1S/C23H18N2O2/c26-21-10-6-19(7-11-21)23-24-14-20(15-25-23)18-8-12-22(13-9-18)27-16-17-4-2-1-3-5-17/h1-15,26H,16H2. The molecule has 0 saturated carbocycles. The van der Waals surface area contributed by atoms with Crippen molar-refractivity contribution in [3.8, 4) is 34.0 Å². The third-order valence-corrected chi connectivity index (χ3v) is 4.21. The van der Waals surface area contributed by atoms with Crippen LogP contribution in [0.5, 0.6) is 11.5 Å². The van der Waals surface area contributed by atoms with Crippen LogP contribution in [0.15, 0.2) is 91.3 Å². The zero-order valence-electron chi connectivity index (χ0n) is 14.6. The van der Waals surface area contributed by atoms with Crippen molar-refractivity contribution in [3.63, 3.8) is 0 Å². The van der Waals surface area contributed by atoms with E-state index in [4.69, 9.17) is 4.74 Å². The Morgan fingerprint density at radius 3 is 1.96 bits per heavy atom. The van der Waals surface area contributed by atoms with E-state index in [0.717, 1.165) is 28.0 Å². The van der Waals surface area contributed by atoms with E-state index in [1.165, 1.54) is 0 Å². The molecule has 0 unspecified atom stereocenters. The second kappa shape index (κ2) is 7.70. The number of ether oxygens (including phenoxy) is 1. The Labute approximate surface area is 157 Å². The molecule has 0 aliphatic heterocycles. The molecule has 4 heteroatoms. The Kier molecular flexibility index (Phi) is 4.79. The summed E-state index contributed by atoms with van der Waals surface area (Å²) < 4.78 is 5.82. The molecule has 0 aliphatic carbocycles. The minimum absolute atomic E-state index is 0.227. The maximum atomic E-state index is 9.37. The molecule has 3 aromatic carbocycles. The maximum Gasteiger partial charge on any atom is 0.159 e. The molecule has 0 amide bonds. The summed E-state index contributed by atoms with van der Waals surface area (Å²) in [5.74, 6) is 1.68. The highest BCUT2D eigenvalue weighted by Gasteiger charge is 2.04. The van der Waals surface area contributed by atoms with Gasteiger partial charge in [-0.1, -0.05) is 42.5 Å². The Balaban J connectivity index is 1.44. The molecule has 4 rings (SSSR count). The summed E-state index contributed by atoms with van der Waals surface area (Å²) in [6, 6.07) is 24.8. The highest BCUT2D eigenvalue weighted by Crippen LogP contribution is 2.24. The Morgan fingerprint density at radius 1 is 0.667 bits per heavy atom. The van der Waals surface area contributed by atoms with Crippen molar-refractivity contribution in [1.29, 1.82) is 0 Å². The number of hydrogen-bond donors (Lipinski definition) is 1. The molecule has 0 fully saturated rings. The number of benzene rings is 3. The van der Waals surface area contributed by atoms with E-state index in [2.05, 4.69) is 9.97 Å². The SMILES string of the molecule is Oc1ccc(-c2ncc(-c3ccc(OCc4ccccc4)cc3)cn2)cc1. The zero-order valence-corrected chi connectivity index (χ0v) is 14.6. The van der Waals surface area contributed by atoms with Crippen LogP contribution in [-0.2, 0) is 6.61 Å². The van der Waals surface area contributed by atoms with Crippen molar-refractivity contribution in [1.82, 2.24) is 9.97 Å². The molecule has 1 aromatic heterocycles. The molecule has 4 aromatic rings. The zero-order chi connectivity index (χ0) is 18.5. The van der Waals surface area contributed by atoms with Crippen molar-refractivity contribution in [3.05, 3.63) is 96.8 Å². The monoisotopic (exact) mass is 354 g/mol. The number of aromatic nitrogens is 2. The van der Waals surface area contributed by atoms with Gasteiger partial charge in [0.05, 0.1) is 0 Å². The number of hydrogen-bond acceptors (Lipinski definition) is 4. The second-order valence-corrected chi connectivity index (χ2v) is 6.14. The lowest BCUT2D eigenvalue weighted by molar-refractivity contribution is 0.306. The van der Waals surface area contributed by atoms with Crippen LogP contribution in [0.1, 0.15) is 5.56 Å². The van der Waals surface area contributed by atoms with Gasteiger partial charge >= 0.3 is 0 Å². The van der Waals surface area contributed by atoms with Crippen LogP contribution in [0.3, 0.4) is 0 Å². The van der Waals surface area contributed by atoms with Crippen LogP contribution in [-0.4, -0.2) is 15.1 Å². The molecule has 1 heterocycles. The van der Waals surface area contributed by atoms with Gasteiger partial charge in [0, 0.05) is 23.5 Å². The van der Waals surface area contributed by atoms with Crippen molar-refractivity contribution in [2.24, 2.45) is 0 Å². The molecule has 132 valence electrons. The van der Waals surface area contributed by atoms with Crippen LogP contribution in [0.2, 0.25) is 0 Å². The molecule has 27 heavy (non-hydrogen) atoms. The van der Waals surface area contributed by atoms with E-state index < -0.39 is 0 Å². The van der Waals surface area contributed by atoms with Gasteiger partial charge in [0.15, 0.2) is 5.82 Å². The fraction of sp³-hybridized carbons (Fsp3) is 0.0435. The van der Waals surface area contributed by atoms with Crippen LogP contribution in [0.4, 0.5) is 0 Å². The Bertz CT molecular complexity index is 997. The lowest BCUT2D eigenvalue weighted by atomic mass is 10.1. The summed E-state index contributed by atoms with van der Waals surface area (Å²) in [7, 11) is 0. The fourth-order valence-electron chi connectivity index (χ4n) is 2.72. The van der Waals surface area contributed by atoms with Crippen LogP contribution < -0.4 is 4.74 Å². The summed E-state index contributed by atoms with van der Waals surface area (Å²) in [6.45, 7) is 0.546. The normalized spacial score (nSPS) is 10.5. The number of aromatic hydroxyl groups is 1. The first-order valence-electron chi connectivity index (χ1n) is 8.66. The minimum Gasteiger partial charge on any atom is -0.508 e. The van der Waals surface area contributed by atoms with E-state index in [-0.39, 0.29) is 5.75 Å². The minimum atomic E-state index is 0.227. The summed E-state index contributed by atoms with van der Waals surface area (Å²) in [5, 5.41) is 9.37. The molecular weight excluding hydrogens is 336 g/mol. The largest absolute Gasteiger partial charge is 0.508 e. The van der Waals surface area contributed by atoms with Gasteiger partial charge in [-0.25, -0.2) is 9.97 Å². The molecule has 0 aliphatic rings. The fourth-order valence-corrected chi connectivity index (χ4v) is 2.72. The average molecular weight is 354 g/mol. The molecule has 0 spiro atoms. The van der Waals surface area contributed by atoms with Gasteiger partial charge in [0.25, 0.3) is 0 Å². The topological polar surface area (TPSA) is 55.2 Å². The summed E-state index contributed by atoms with van der Waals surface area (Å²) in [4.78, 5) is 8.86. The Morgan fingerprint density at radius 2 is 1.30 bits per heavy atom. The van der Waals surface area contributed by atoms with E-state index in [9.17, 15) is 5.11 Å². The third kappa shape index (κ3) is 4.12. The first kappa shape index (κ1) is 16.8. The van der Waals surface area contributed by atoms with Crippen molar-refractivity contribution >= 4 is 0 Å². The van der Waals surface area contributed by atoms with E-state index in [1.807, 2.05) is 54.6 Å². The average Bonchev–Trinajstić information content (AvgIpc) is 2.74. The van der Waals surface area contributed by atoms with Crippen molar-refractivity contribution in [2.75, 3.05) is 0 Å². The smallest absolute Gasteiger partial charge is 0.159 e. The number of nitrogens with zero attached hydrogens (tertiary/aromatic N) is 2. The molecule has 0 atom stereocenters. The molecule has 0 saturated heterocycles. The van der Waals surface area contributed by atoms with Crippen molar-refractivity contribution < 1.29 is 9.84 Å². The quantitative estimate of drug-likeness (QED) is 0.542. The van der Waals surface area contributed by atoms with Crippen LogP contribution in [0.25, 0.3) is 22.5 Å². The lowest BCUT2D eigenvalue weighted by Gasteiger charge is -2.08. The van der Waals surface area contributed by atoms with Gasteiger partial charge in [0.1, 0.15) is 18.1 Å².